The first-order valence-corrected chi connectivity index (χ1v) is 12.6. The van der Waals surface area contributed by atoms with Crippen molar-refractivity contribution in [2.45, 2.75) is 58.8 Å². The Morgan fingerprint density at radius 3 is 2.22 bits per heavy atom. The summed E-state index contributed by atoms with van der Waals surface area (Å²) in [6.07, 6.45) is 3.60. The summed E-state index contributed by atoms with van der Waals surface area (Å²) in [7, 11) is 0. The standard InChI is InChI=1S/C22H21BrN4S.2C2H6/c1-22(2,3)16-6-9-18(10-7-16)28-26-21-19(23)11-8-17-13-20(25-27(17)21)15-5-4-12-24-14-15;2*1-2/h4-14,26H,1-3H3;2*1-2H3. The minimum absolute atomic E-state index is 0.156. The van der Waals surface area contributed by atoms with Crippen molar-refractivity contribution in [3.63, 3.8) is 0 Å². The van der Waals surface area contributed by atoms with Crippen molar-refractivity contribution in [2.24, 2.45) is 0 Å². The largest absolute Gasteiger partial charge is 0.309 e. The number of nitrogens with one attached hydrogen (secondary N) is 1. The van der Waals surface area contributed by atoms with Gasteiger partial charge in [0.15, 0.2) is 5.82 Å². The number of pyridine rings is 2. The van der Waals surface area contributed by atoms with Crippen molar-refractivity contribution in [1.29, 1.82) is 0 Å². The lowest BCUT2D eigenvalue weighted by Crippen LogP contribution is -2.10. The van der Waals surface area contributed by atoms with Gasteiger partial charge in [0.1, 0.15) is 0 Å². The third-order valence-corrected chi connectivity index (χ3v) is 5.96. The van der Waals surface area contributed by atoms with Crippen molar-refractivity contribution in [3.8, 4) is 11.3 Å². The zero-order chi connectivity index (χ0) is 23.7. The first kappa shape index (κ1) is 25.9. The summed E-state index contributed by atoms with van der Waals surface area (Å²) < 4.78 is 6.33. The van der Waals surface area contributed by atoms with Gasteiger partial charge in [-0.3, -0.25) is 4.98 Å². The van der Waals surface area contributed by atoms with Gasteiger partial charge in [-0.05, 0) is 81.3 Å². The van der Waals surface area contributed by atoms with Crippen molar-refractivity contribution in [2.75, 3.05) is 4.72 Å². The van der Waals surface area contributed by atoms with Gasteiger partial charge in [0.2, 0.25) is 0 Å². The van der Waals surface area contributed by atoms with Crippen molar-refractivity contribution in [1.82, 2.24) is 14.6 Å². The second-order valence-electron chi connectivity index (χ2n) is 7.62. The summed E-state index contributed by atoms with van der Waals surface area (Å²) in [6.45, 7) is 14.7. The lowest BCUT2D eigenvalue weighted by Gasteiger charge is -2.19. The summed E-state index contributed by atoms with van der Waals surface area (Å²) in [6, 6.07) is 18.8. The Balaban J connectivity index is 0.000000860. The number of halogens is 1. The fraction of sp³-hybridized carbons (Fsp3) is 0.308. The van der Waals surface area contributed by atoms with E-state index in [9.17, 15) is 0 Å². The highest BCUT2D eigenvalue weighted by molar-refractivity contribution is 9.10. The van der Waals surface area contributed by atoms with E-state index in [1.807, 2.05) is 62.7 Å². The van der Waals surface area contributed by atoms with Crippen LogP contribution in [0, 0.1) is 0 Å². The van der Waals surface area contributed by atoms with Crippen LogP contribution in [0.1, 0.15) is 54.0 Å². The number of fused-ring (bicyclic) bond motifs is 1. The average Bonchev–Trinajstić information content (AvgIpc) is 3.26. The number of nitrogens with zero attached hydrogens (tertiary/aromatic N) is 3. The molecule has 3 heterocycles. The molecule has 0 aliphatic rings. The van der Waals surface area contributed by atoms with Crippen LogP contribution in [0.4, 0.5) is 5.82 Å². The van der Waals surface area contributed by atoms with E-state index in [1.54, 1.807) is 18.1 Å². The molecule has 3 aromatic heterocycles. The molecule has 4 nitrogen and oxygen atoms in total. The average molecular weight is 514 g/mol. The van der Waals surface area contributed by atoms with Crippen LogP contribution in [0.25, 0.3) is 16.8 Å². The predicted molar refractivity (Wildman–Crippen MR) is 143 cm³/mol. The molecule has 1 N–H and O–H groups in total. The van der Waals surface area contributed by atoms with Crippen LogP contribution in [-0.4, -0.2) is 14.6 Å². The molecule has 0 aliphatic heterocycles. The van der Waals surface area contributed by atoms with Gasteiger partial charge < -0.3 is 4.72 Å². The molecule has 0 fully saturated rings. The maximum atomic E-state index is 4.77. The van der Waals surface area contributed by atoms with E-state index in [-0.39, 0.29) is 5.41 Å². The quantitative estimate of drug-likeness (QED) is 0.277. The van der Waals surface area contributed by atoms with E-state index < -0.39 is 0 Å². The number of rotatable bonds is 4. The number of aromatic nitrogens is 3. The van der Waals surface area contributed by atoms with E-state index in [1.165, 1.54) is 5.56 Å². The molecule has 0 saturated heterocycles. The van der Waals surface area contributed by atoms with E-state index in [4.69, 9.17) is 5.10 Å². The summed E-state index contributed by atoms with van der Waals surface area (Å²) in [4.78, 5) is 5.34. The first-order valence-electron chi connectivity index (χ1n) is 11.0. The monoisotopic (exact) mass is 512 g/mol. The molecular weight excluding hydrogens is 480 g/mol. The normalized spacial score (nSPS) is 10.6. The van der Waals surface area contributed by atoms with Crippen molar-refractivity contribution < 1.29 is 0 Å². The van der Waals surface area contributed by atoms with Crippen LogP contribution in [0.15, 0.2) is 76.4 Å². The van der Waals surface area contributed by atoms with Gasteiger partial charge >= 0.3 is 0 Å². The fourth-order valence-corrected chi connectivity index (χ4v) is 4.12. The van der Waals surface area contributed by atoms with Crippen LogP contribution >= 0.6 is 27.9 Å². The fourth-order valence-electron chi connectivity index (χ4n) is 2.91. The van der Waals surface area contributed by atoms with Crippen molar-refractivity contribution in [3.05, 3.63) is 77.0 Å². The number of hydrogen-bond acceptors (Lipinski definition) is 4. The Morgan fingerprint density at radius 2 is 1.62 bits per heavy atom. The summed E-state index contributed by atoms with van der Waals surface area (Å²) >= 11 is 5.22. The second-order valence-corrected chi connectivity index (χ2v) is 9.35. The highest BCUT2D eigenvalue weighted by Gasteiger charge is 2.14. The Hall–Kier alpha value is -2.31. The van der Waals surface area contributed by atoms with Gasteiger partial charge in [0.05, 0.1) is 15.7 Å². The molecule has 0 bridgehead atoms. The summed E-state index contributed by atoms with van der Waals surface area (Å²) in [5, 5.41) is 4.77. The molecule has 0 saturated carbocycles. The van der Waals surface area contributed by atoms with E-state index in [2.05, 4.69) is 76.7 Å². The number of anilines is 1. The third-order valence-electron chi connectivity index (χ3n) is 4.52. The van der Waals surface area contributed by atoms with E-state index in [0.29, 0.717) is 0 Å². The molecular formula is C26H33BrN4S. The maximum absolute atomic E-state index is 4.77. The van der Waals surface area contributed by atoms with Gasteiger partial charge in [0, 0.05) is 22.9 Å². The molecule has 0 radical (unpaired) electrons. The lowest BCUT2D eigenvalue weighted by molar-refractivity contribution is 0.590. The van der Waals surface area contributed by atoms with Gasteiger partial charge in [-0.15, -0.1) is 0 Å². The van der Waals surface area contributed by atoms with E-state index >= 15 is 0 Å². The zero-order valence-corrected chi connectivity index (χ0v) is 22.4. The minimum Gasteiger partial charge on any atom is -0.309 e. The minimum atomic E-state index is 0.156. The summed E-state index contributed by atoms with van der Waals surface area (Å²) in [5.41, 5.74) is 4.40. The number of benzene rings is 1. The van der Waals surface area contributed by atoms with Crippen LogP contribution < -0.4 is 4.72 Å². The van der Waals surface area contributed by atoms with Crippen LogP contribution in [0.2, 0.25) is 0 Å². The third kappa shape index (κ3) is 6.36. The topological polar surface area (TPSA) is 42.2 Å². The van der Waals surface area contributed by atoms with Gasteiger partial charge in [-0.1, -0.05) is 60.6 Å². The highest BCUT2D eigenvalue weighted by Crippen LogP contribution is 2.31. The Kier molecular flexibility index (Phi) is 9.79. The maximum Gasteiger partial charge on any atom is 0.152 e. The summed E-state index contributed by atoms with van der Waals surface area (Å²) in [5.74, 6) is 0.900. The molecule has 6 heteroatoms. The molecule has 4 aromatic rings. The van der Waals surface area contributed by atoms with Gasteiger partial charge in [-0.2, -0.15) is 5.10 Å². The lowest BCUT2D eigenvalue weighted by atomic mass is 9.87. The highest BCUT2D eigenvalue weighted by atomic mass is 79.9. The molecule has 170 valence electrons. The molecule has 0 unspecified atom stereocenters. The van der Waals surface area contributed by atoms with Crippen LogP contribution in [0.5, 0.6) is 0 Å². The molecule has 32 heavy (non-hydrogen) atoms. The van der Waals surface area contributed by atoms with Gasteiger partial charge in [-0.25, -0.2) is 4.52 Å². The molecule has 0 spiro atoms. The Bertz CT molecular complexity index is 1100. The molecule has 1 aromatic carbocycles. The predicted octanol–water partition coefficient (Wildman–Crippen LogP) is 8.63. The smallest absolute Gasteiger partial charge is 0.152 e. The first-order chi connectivity index (χ1) is 15.4. The Morgan fingerprint density at radius 1 is 0.938 bits per heavy atom. The Labute approximate surface area is 205 Å². The molecule has 0 amide bonds. The second kappa shape index (κ2) is 12.1. The van der Waals surface area contributed by atoms with Crippen molar-refractivity contribution >= 4 is 39.2 Å². The molecule has 0 atom stereocenters. The number of hydrogen-bond donors (Lipinski definition) is 1. The SMILES string of the molecule is CC.CC.CC(C)(C)c1ccc(SNc2c(Br)ccc3cc(-c4cccnc4)nn23)cc1. The molecule has 0 aliphatic carbocycles. The zero-order valence-electron chi connectivity index (χ0n) is 20.0. The van der Waals surface area contributed by atoms with Gasteiger partial charge in [0.25, 0.3) is 0 Å². The molecule has 4 rings (SSSR count). The van der Waals surface area contributed by atoms with Crippen LogP contribution in [0.3, 0.4) is 0 Å². The van der Waals surface area contributed by atoms with E-state index in [0.717, 1.165) is 32.0 Å². The van der Waals surface area contributed by atoms with Crippen LogP contribution in [-0.2, 0) is 5.41 Å².